The predicted molar refractivity (Wildman–Crippen MR) is 109 cm³/mol. The normalized spacial score (nSPS) is 11.5. The zero-order chi connectivity index (χ0) is 21.7. The van der Waals surface area contributed by atoms with Gasteiger partial charge in [0, 0.05) is 0 Å². The van der Waals surface area contributed by atoms with E-state index in [1.807, 2.05) is 24.3 Å². The summed E-state index contributed by atoms with van der Waals surface area (Å²) in [4.78, 5) is 23.4. The number of hydrogen-bond donors (Lipinski definition) is 0. The monoisotopic (exact) mass is 400 g/mol. The first-order valence-electron chi connectivity index (χ1n) is 9.39. The molecule has 0 heterocycles. The van der Waals surface area contributed by atoms with Crippen LogP contribution in [0.5, 0.6) is 11.5 Å². The molecular formula is C23H28O6. The maximum absolute atomic E-state index is 11.7. The largest absolute Gasteiger partial charge is 0.514 e. The van der Waals surface area contributed by atoms with Crippen LogP contribution in [0.3, 0.4) is 0 Å². The molecule has 2 aromatic rings. The molecule has 0 aromatic heterocycles. The van der Waals surface area contributed by atoms with E-state index in [0.717, 1.165) is 11.1 Å². The lowest BCUT2D eigenvalue weighted by Gasteiger charge is -2.18. The highest BCUT2D eigenvalue weighted by atomic mass is 16.7. The Labute approximate surface area is 171 Å². The molecule has 29 heavy (non-hydrogen) atoms. The zero-order valence-corrected chi connectivity index (χ0v) is 17.8. The summed E-state index contributed by atoms with van der Waals surface area (Å²) in [5, 5.41) is 0. The maximum atomic E-state index is 11.7. The van der Waals surface area contributed by atoms with E-state index in [1.165, 1.54) is 0 Å². The first kappa shape index (κ1) is 22.3. The lowest BCUT2D eigenvalue weighted by molar-refractivity contribution is 0.0193. The Balaban J connectivity index is 1.90. The summed E-state index contributed by atoms with van der Waals surface area (Å²) in [5.41, 5.74) is 0.886. The molecule has 0 spiro atoms. The Bertz CT molecular complexity index is 752. The summed E-state index contributed by atoms with van der Waals surface area (Å²) in [5.74, 6) is 0.841. The molecule has 0 unspecified atom stereocenters. The molecule has 156 valence electrons. The van der Waals surface area contributed by atoms with Gasteiger partial charge in [-0.1, -0.05) is 24.3 Å². The molecule has 0 aliphatic heterocycles. The molecular weight excluding hydrogens is 372 g/mol. The van der Waals surface area contributed by atoms with Gasteiger partial charge in [0.25, 0.3) is 0 Å². The number of ether oxygens (including phenoxy) is 4. The lowest BCUT2D eigenvalue weighted by atomic mass is 10.0. The molecule has 0 radical (unpaired) electrons. The quantitative estimate of drug-likeness (QED) is 0.470. The fourth-order valence-corrected chi connectivity index (χ4v) is 2.32. The van der Waals surface area contributed by atoms with E-state index in [2.05, 4.69) is 0 Å². The molecule has 2 rings (SSSR count). The Kier molecular flexibility index (Phi) is 6.90. The summed E-state index contributed by atoms with van der Waals surface area (Å²) in [6, 6.07) is 14.4. The van der Waals surface area contributed by atoms with Crippen LogP contribution in [0, 0.1) is 0 Å². The van der Waals surface area contributed by atoms with Crippen molar-refractivity contribution in [2.24, 2.45) is 0 Å². The fraction of sp³-hybridized carbons (Fsp3) is 0.391. The van der Waals surface area contributed by atoms with Crippen molar-refractivity contribution in [3.8, 4) is 11.5 Å². The third kappa shape index (κ3) is 8.68. The third-order valence-corrected chi connectivity index (χ3v) is 3.44. The highest BCUT2D eigenvalue weighted by molar-refractivity contribution is 5.64. The van der Waals surface area contributed by atoms with E-state index in [-0.39, 0.29) is 0 Å². The second kappa shape index (κ2) is 8.99. The average Bonchev–Trinajstić information content (AvgIpc) is 2.55. The van der Waals surface area contributed by atoms with Gasteiger partial charge in [-0.05, 0) is 83.4 Å². The SMILES string of the molecule is CC(C)(C)OC(=O)Oc1ccc(Cc2ccc(OC(=O)OC(C)(C)C)cc2)cc1. The second-order valence-corrected chi connectivity index (χ2v) is 8.60. The predicted octanol–water partition coefficient (Wildman–Crippen LogP) is 5.91. The summed E-state index contributed by atoms with van der Waals surface area (Å²) in [6.07, 6.45) is -0.781. The molecule has 0 saturated heterocycles. The summed E-state index contributed by atoms with van der Waals surface area (Å²) in [6.45, 7) is 10.7. The van der Waals surface area contributed by atoms with Gasteiger partial charge in [0.15, 0.2) is 0 Å². The number of hydrogen-bond acceptors (Lipinski definition) is 6. The van der Waals surface area contributed by atoms with E-state index in [1.54, 1.807) is 65.8 Å². The van der Waals surface area contributed by atoms with Crippen LogP contribution in [-0.4, -0.2) is 23.5 Å². The van der Waals surface area contributed by atoms with E-state index >= 15 is 0 Å². The summed E-state index contributed by atoms with van der Waals surface area (Å²) in [7, 11) is 0. The van der Waals surface area contributed by atoms with E-state index in [9.17, 15) is 9.59 Å². The smallest absolute Gasteiger partial charge is 0.428 e. The molecule has 0 amide bonds. The highest BCUT2D eigenvalue weighted by Crippen LogP contribution is 2.20. The number of rotatable bonds is 4. The molecule has 2 aromatic carbocycles. The van der Waals surface area contributed by atoms with Crippen molar-refractivity contribution in [2.75, 3.05) is 0 Å². The summed E-state index contributed by atoms with van der Waals surface area (Å²) < 4.78 is 20.6. The van der Waals surface area contributed by atoms with Crippen LogP contribution in [-0.2, 0) is 15.9 Å². The minimum atomic E-state index is -0.731. The lowest BCUT2D eigenvalue weighted by Crippen LogP contribution is -2.25. The molecule has 0 N–H and O–H groups in total. The van der Waals surface area contributed by atoms with Crippen molar-refractivity contribution in [1.82, 2.24) is 0 Å². The van der Waals surface area contributed by atoms with Gasteiger partial charge < -0.3 is 18.9 Å². The Morgan fingerprint density at radius 3 is 1.21 bits per heavy atom. The van der Waals surface area contributed by atoms with Gasteiger partial charge >= 0.3 is 12.3 Å². The molecule has 0 fully saturated rings. The molecule has 6 heteroatoms. The molecule has 6 nitrogen and oxygen atoms in total. The second-order valence-electron chi connectivity index (χ2n) is 8.60. The van der Waals surface area contributed by atoms with Crippen molar-refractivity contribution < 1.29 is 28.5 Å². The molecule has 0 saturated carbocycles. The van der Waals surface area contributed by atoms with Crippen LogP contribution in [0.15, 0.2) is 48.5 Å². The van der Waals surface area contributed by atoms with Gasteiger partial charge in [-0.3, -0.25) is 0 Å². The first-order valence-corrected chi connectivity index (χ1v) is 9.39. The van der Waals surface area contributed by atoms with Crippen LogP contribution in [0.1, 0.15) is 52.7 Å². The van der Waals surface area contributed by atoms with Crippen molar-refractivity contribution in [3.05, 3.63) is 59.7 Å². The van der Waals surface area contributed by atoms with E-state index in [0.29, 0.717) is 17.9 Å². The van der Waals surface area contributed by atoms with Crippen LogP contribution in [0.25, 0.3) is 0 Å². The topological polar surface area (TPSA) is 71.1 Å². The van der Waals surface area contributed by atoms with E-state index < -0.39 is 23.5 Å². The molecule has 0 bridgehead atoms. The number of benzene rings is 2. The first-order chi connectivity index (χ1) is 13.4. The van der Waals surface area contributed by atoms with Crippen LogP contribution < -0.4 is 9.47 Å². The average molecular weight is 400 g/mol. The number of carbonyl (C=O) groups excluding carboxylic acids is 2. The van der Waals surface area contributed by atoms with Gasteiger partial charge in [-0.25, -0.2) is 9.59 Å². The van der Waals surface area contributed by atoms with Gasteiger partial charge in [-0.15, -0.1) is 0 Å². The minimum absolute atomic E-state index is 0.420. The Morgan fingerprint density at radius 1 is 0.621 bits per heavy atom. The number of carbonyl (C=O) groups is 2. The Hall–Kier alpha value is -3.02. The van der Waals surface area contributed by atoms with Crippen LogP contribution in [0.4, 0.5) is 9.59 Å². The summed E-state index contributed by atoms with van der Waals surface area (Å²) >= 11 is 0. The van der Waals surface area contributed by atoms with Gasteiger partial charge in [0.1, 0.15) is 22.7 Å². The van der Waals surface area contributed by atoms with Crippen LogP contribution >= 0.6 is 0 Å². The highest BCUT2D eigenvalue weighted by Gasteiger charge is 2.19. The molecule has 0 aliphatic carbocycles. The Morgan fingerprint density at radius 2 is 0.931 bits per heavy atom. The van der Waals surface area contributed by atoms with Gasteiger partial charge in [-0.2, -0.15) is 0 Å². The van der Waals surface area contributed by atoms with Crippen LogP contribution in [0.2, 0.25) is 0 Å². The van der Waals surface area contributed by atoms with Crippen molar-refractivity contribution in [1.29, 1.82) is 0 Å². The van der Waals surface area contributed by atoms with Crippen molar-refractivity contribution in [2.45, 2.75) is 59.2 Å². The van der Waals surface area contributed by atoms with Gasteiger partial charge in [0.2, 0.25) is 0 Å². The third-order valence-electron chi connectivity index (χ3n) is 3.44. The standard InChI is InChI=1S/C23H28O6/c1-22(2,3)28-20(24)26-18-11-7-16(8-12-18)15-17-9-13-19(14-10-17)27-21(25)29-23(4,5)6/h7-14H,15H2,1-6H3. The maximum Gasteiger partial charge on any atom is 0.514 e. The molecule has 0 aliphatic rings. The minimum Gasteiger partial charge on any atom is -0.428 e. The zero-order valence-electron chi connectivity index (χ0n) is 17.8. The van der Waals surface area contributed by atoms with E-state index in [4.69, 9.17) is 18.9 Å². The van der Waals surface area contributed by atoms with Gasteiger partial charge in [0.05, 0.1) is 0 Å². The van der Waals surface area contributed by atoms with Crippen molar-refractivity contribution in [3.63, 3.8) is 0 Å². The molecule has 0 atom stereocenters. The fourth-order valence-electron chi connectivity index (χ4n) is 2.32. The van der Waals surface area contributed by atoms with Crippen molar-refractivity contribution >= 4 is 12.3 Å².